The first-order valence-corrected chi connectivity index (χ1v) is 7.69. The van der Waals surface area contributed by atoms with Gasteiger partial charge in [-0.3, -0.25) is 4.68 Å². The highest BCUT2D eigenvalue weighted by Gasteiger charge is 2.18. The van der Waals surface area contributed by atoms with Gasteiger partial charge in [0.15, 0.2) is 11.4 Å². The molecule has 1 aliphatic rings. The summed E-state index contributed by atoms with van der Waals surface area (Å²) < 4.78 is 9.60. The molecule has 3 aromatic rings. The first-order chi connectivity index (χ1) is 11.2. The molecule has 0 aromatic carbocycles. The fourth-order valence-electron chi connectivity index (χ4n) is 2.95. The summed E-state index contributed by atoms with van der Waals surface area (Å²) in [6.45, 7) is 1.70. The summed E-state index contributed by atoms with van der Waals surface area (Å²) in [5, 5.41) is 7.73. The number of nitrogens with two attached hydrogens (primary N) is 1. The predicted octanol–water partition coefficient (Wildman–Crippen LogP) is 0.843. The molecule has 0 aliphatic carbocycles. The van der Waals surface area contributed by atoms with Crippen LogP contribution in [0.1, 0.15) is 12.8 Å². The maximum Gasteiger partial charge on any atom is 0.166 e. The normalized spacial score (nSPS) is 17.9. The van der Waals surface area contributed by atoms with E-state index < -0.39 is 0 Å². The van der Waals surface area contributed by atoms with Crippen LogP contribution in [0.3, 0.4) is 0 Å². The number of nitrogens with one attached hydrogen (secondary N) is 1. The number of aryl methyl sites for hydroxylation is 1. The first-order valence-electron chi connectivity index (χ1n) is 7.69. The number of hydrogen-bond acceptors (Lipinski definition) is 6. The van der Waals surface area contributed by atoms with Gasteiger partial charge in [-0.1, -0.05) is 0 Å². The Balaban J connectivity index is 1.64. The zero-order valence-corrected chi connectivity index (χ0v) is 12.9. The average Bonchev–Trinajstić information content (AvgIpc) is 3.23. The molecule has 1 aliphatic heterocycles. The summed E-state index contributed by atoms with van der Waals surface area (Å²) in [5.74, 6) is 1.21. The molecule has 3 aromatic heterocycles. The maximum absolute atomic E-state index is 5.98. The summed E-state index contributed by atoms with van der Waals surface area (Å²) >= 11 is 0. The second kappa shape index (κ2) is 5.54. The molecule has 0 amide bonds. The Kier molecular flexibility index (Phi) is 3.38. The predicted molar refractivity (Wildman–Crippen MR) is 86.1 cm³/mol. The van der Waals surface area contributed by atoms with E-state index in [1.807, 2.05) is 17.6 Å². The van der Waals surface area contributed by atoms with Crippen LogP contribution in [0, 0.1) is 0 Å². The molecule has 4 rings (SSSR count). The van der Waals surface area contributed by atoms with Crippen LogP contribution in [-0.2, 0) is 7.05 Å². The molecular weight excluding hydrogens is 294 g/mol. The van der Waals surface area contributed by atoms with Gasteiger partial charge in [0.25, 0.3) is 0 Å². The highest BCUT2D eigenvalue weighted by atomic mass is 16.5. The molecule has 23 heavy (non-hydrogen) atoms. The lowest BCUT2D eigenvalue weighted by Gasteiger charge is -2.12. The maximum atomic E-state index is 5.98. The zero-order valence-electron chi connectivity index (χ0n) is 12.9. The molecule has 120 valence electrons. The molecule has 8 heteroatoms. The van der Waals surface area contributed by atoms with Crippen LogP contribution >= 0.6 is 0 Å². The van der Waals surface area contributed by atoms with Crippen molar-refractivity contribution in [1.29, 1.82) is 0 Å². The highest BCUT2D eigenvalue weighted by Crippen LogP contribution is 2.28. The van der Waals surface area contributed by atoms with Crippen LogP contribution in [-0.4, -0.2) is 43.3 Å². The molecule has 0 saturated carbocycles. The molecule has 8 nitrogen and oxygen atoms in total. The van der Waals surface area contributed by atoms with Gasteiger partial charge in [0.1, 0.15) is 23.8 Å². The van der Waals surface area contributed by atoms with E-state index in [0.29, 0.717) is 24.1 Å². The highest BCUT2D eigenvalue weighted by molar-refractivity contribution is 5.63. The van der Waals surface area contributed by atoms with Gasteiger partial charge < -0.3 is 20.2 Å². The van der Waals surface area contributed by atoms with E-state index >= 15 is 0 Å². The zero-order chi connectivity index (χ0) is 15.8. The van der Waals surface area contributed by atoms with E-state index in [9.17, 15) is 0 Å². The number of imidazole rings is 1. The van der Waals surface area contributed by atoms with Gasteiger partial charge in [-0.15, -0.1) is 0 Å². The van der Waals surface area contributed by atoms with Crippen molar-refractivity contribution in [1.82, 2.24) is 29.5 Å². The minimum atomic E-state index is 0.409. The van der Waals surface area contributed by atoms with Crippen molar-refractivity contribution in [3.8, 4) is 17.1 Å². The molecule has 0 unspecified atom stereocenters. The Hall–Kier alpha value is -2.61. The quantitative estimate of drug-likeness (QED) is 0.741. The van der Waals surface area contributed by atoms with Crippen molar-refractivity contribution in [3.05, 3.63) is 24.8 Å². The van der Waals surface area contributed by atoms with Gasteiger partial charge in [-0.2, -0.15) is 5.10 Å². The lowest BCUT2D eigenvalue weighted by atomic mass is 10.2. The van der Waals surface area contributed by atoms with Crippen LogP contribution in [0.15, 0.2) is 24.8 Å². The number of nitrogen functional groups attached to an aromatic ring is 1. The van der Waals surface area contributed by atoms with Gasteiger partial charge in [-0.25, -0.2) is 9.97 Å². The fourth-order valence-corrected chi connectivity index (χ4v) is 2.95. The van der Waals surface area contributed by atoms with Gasteiger partial charge >= 0.3 is 0 Å². The first kappa shape index (κ1) is 14.0. The third kappa shape index (κ3) is 2.61. The SMILES string of the molecule is Cn1ncc(OC[C@H]2CCCN2)c1-c1cn2cc(N)nc2cn1. The van der Waals surface area contributed by atoms with E-state index in [4.69, 9.17) is 10.5 Å². The van der Waals surface area contributed by atoms with Gasteiger partial charge in [0.2, 0.25) is 0 Å². The third-order valence-corrected chi connectivity index (χ3v) is 4.11. The Morgan fingerprint density at radius 1 is 1.39 bits per heavy atom. The molecule has 0 bridgehead atoms. The minimum Gasteiger partial charge on any atom is -0.488 e. The van der Waals surface area contributed by atoms with Crippen molar-refractivity contribution in [2.24, 2.45) is 7.05 Å². The summed E-state index contributed by atoms with van der Waals surface area (Å²) in [4.78, 5) is 8.65. The molecule has 1 saturated heterocycles. The second-order valence-electron chi connectivity index (χ2n) is 5.79. The topological polar surface area (TPSA) is 95.3 Å². The van der Waals surface area contributed by atoms with Crippen LogP contribution in [0.25, 0.3) is 17.0 Å². The smallest absolute Gasteiger partial charge is 0.166 e. The number of anilines is 1. The number of fused-ring (bicyclic) bond motifs is 1. The fraction of sp³-hybridized carbons (Fsp3) is 0.400. The van der Waals surface area contributed by atoms with Crippen LogP contribution < -0.4 is 15.8 Å². The number of hydrogen-bond donors (Lipinski definition) is 2. The second-order valence-corrected chi connectivity index (χ2v) is 5.79. The van der Waals surface area contributed by atoms with Gasteiger partial charge in [-0.05, 0) is 19.4 Å². The number of aromatic nitrogens is 5. The molecular formula is C15H19N7O. The van der Waals surface area contributed by atoms with Crippen molar-refractivity contribution in [3.63, 3.8) is 0 Å². The number of nitrogens with zero attached hydrogens (tertiary/aromatic N) is 5. The monoisotopic (exact) mass is 313 g/mol. The molecule has 3 N–H and O–H groups in total. The Morgan fingerprint density at radius 2 is 2.30 bits per heavy atom. The average molecular weight is 313 g/mol. The van der Waals surface area contributed by atoms with Gasteiger partial charge in [0, 0.05) is 19.3 Å². The number of rotatable bonds is 4. The molecule has 1 atom stereocenters. The third-order valence-electron chi connectivity index (χ3n) is 4.11. The summed E-state index contributed by atoms with van der Waals surface area (Å²) in [5.41, 5.74) is 8.05. The van der Waals surface area contributed by atoms with E-state index in [2.05, 4.69) is 20.4 Å². The molecule has 1 fully saturated rings. The van der Waals surface area contributed by atoms with E-state index in [1.165, 1.54) is 6.42 Å². The minimum absolute atomic E-state index is 0.409. The van der Waals surface area contributed by atoms with Crippen molar-refractivity contribution in [2.45, 2.75) is 18.9 Å². The van der Waals surface area contributed by atoms with Crippen LogP contribution in [0.4, 0.5) is 5.82 Å². The standard InChI is InChI=1S/C15H19N7O/c1-21-15(11-7-22-8-13(16)20-14(22)6-18-11)12(5-19-21)23-9-10-3-2-4-17-10/h5-8,10,17H,2-4,9,16H2,1H3/t10-/m1/s1. The van der Waals surface area contributed by atoms with Crippen LogP contribution in [0.2, 0.25) is 0 Å². The molecule has 0 radical (unpaired) electrons. The Labute approximate surface area is 133 Å². The largest absolute Gasteiger partial charge is 0.488 e. The van der Waals surface area contributed by atoms with E-state index in [0.717, 1.165) is 30.1 Å². The van der Waals surface area contributed by atoms with E-state index in [-0.39, 0.29) is 0 Å². The lowest BCUT2D eigenvalue weighted by Crippen LogP contribution is -2.28. The summed E-state index contributed by atoms with van der Waals surface area (Å²) in [6.07, 6.45) is 9.43. The molecule has 4 heterocycles. The summed E-state index contributed by atoms with van der Waals surface area (Å²) in [7, 11) is 1.88. The van der Waals surface area contributed by atoms with Crippen LogP contribution in [0.5, 0.6) is 5.75 Å². The summed E-state index contributed by atoms with van der Waals surface area (Å²) in [6, 6.07) is 0.409. The Morgan fingerprint density at radius 3 is 3.13 bits per heavy atom. The molecule has 0 spiro atoms. The lowest BCUT2D eigenvalue weighted by molar-refractivity contribution is 0.278. The van der Waals surface area contributed by atoms with Crippen molar-refractivity contribution >= 4 is 11.5 Å². The van der Waals surface area contributed by atoms with Gasteiger partial charge in [0.05, 0.1) is 18.6 Å². The van der Waals surface area contributed by atoms with E-state index in [1.54, 1.807) is 23.3 Å². The van der Waals surface area contributed by atoms with Crippen molar-refractivity contribution < 1.29 is 4.74 Å². The Bertz CT molecular complexity index is 832. The number of ether oxygens (including phenoxy) is 1. The van der Waals surface area contributed by atoms with Crippen molar-refractivity contribution in [2.75, 3.05) is 18.9 Å².